The van der Waals surface area contributed by atoms with Gasteiger partial charge in [0.1, 0.15) is 0 Å². The van der Waals surface area contributed by atoms with Crippen molar-refractivity contribution in [2.24, 2.45) is 0 Å². The maximum atomic E-state index is 9.19. The zero-order valence-electron chi connectivity index (χ0n) is 6.20. The van der Waals surface area contributed by atoms with E-state index in [4.69, 9.17) is 11.6 Å². The van der Waals surface area contributed by atoms with Gasteiger partial charge in [0, 0.05) is 10.0 Å². The summed E-state index contributed by atoms with van der Waals surface area (Å²) in [5.74, 6) is 0. The second kappa shape index (κ2) is 6.68. The SMILES string of the molecule is C=C=S(=O)=O.Clc1ccccc1. The summed E-state index contributed by atoms with van der Waals surface area (Å²) < 4.78 is 18.4. The highest BCUT2D eigenvalue weighted by molar-refractivity contribution is 7.70. The summed E-state index contributed by atoms with van der Waals surface area (Å²) in [6, 6.07) is 9.44. The molecular weight excluding hydrogens is 196 g/mol. The van der Waals surface area contributed by atoms with Gasteiger partial charge < -0.3 is 0 Å². The molecule has 12 heavy (non-hydrogen) atoms. The Labute approximate surface area is 77.6 Å². The van der Waals surface area contributed by atoms with Crippen molar-refractivity contribution in [3.05, 3.63) is 41.9 Å². The molecular formula is C8H7ClO2S. The van der Waals surface area contributed by atoms with Crippen molar-refractivity contribution < 1.29 is 8.42 Å². The van der Waals surface area contributed by atoms with Crippen LogP contribution in [0.2, 0.25) is 5.02 Å². The second-order valence-electron chi connectivity index (χ2n) is 1.67. The molecule has 1 aromatic carbocycles. The van der Waals surface area contributed by atoms with Crippen LogP contribution in [-0.2, 0) is 10.3 Å². The van der Waals surface area contributed by atoms with Gasteiger partial charge in [-0.25, -0.2) is 0 Å². The van der Waals surface area contributed by atoms with Gasteiger partial charge >= 0.3 is 0 Å². The highest BCUT2D eigenvalue weighted by atomic mass is 35.5. The maximum Gasteiger partial charge on any atom is 0.259 e. The smallest absolute Gasteiger partial charge is 0.176 e. The lowest BCUT2D eigenvalue weighted by Gasteiger charge is -1.80. The van der Waals surface area contributed by atoms with Crippen LogP contribution in [0.1, 0.15) is 0 Å². The Bertz CT molecular complexity index is 355. The van der Waals surface area contributed by atoms with Gasteiger partial charge in [0.05, 0.1) is 0 Å². The van der Waals surface area contributed by atoms with E-state index in [2.05, 4.69) is 6.58 Å². The third kappa shape index (κ3) is 7.09. The Morgan fingerprint density at radius 3 is 1.83 bits per heavy atom. The molecule has 64 valence electrons. The quantitative estimate of drug-likeness (QED) is 0.602. The van der Waals surface area contributed by atoms with Crippen LogP contribution >= 0.6 is 11.6 Å². The van der Waals surface area contributed by atoms with Gasteiger partial charge in [-0.3, -0.25) is 0 Å². The first-order chi connectivity index (χ1) is 5.66. The van der Waals surface area contributed by atoms with Crippen LogP contribution in [0.25, 0.3) is 0 Å². The zero-order valence-corrected chi connectivity index (χ0v) is 7.77. The maximum absolute atomic E-state index is 9.19. The molecule has 0 saturated heterocycles. The zero-order chi connectivity index (χ0) is 9.40. The Kier molecular flexibility index (Phi) is 6.11. The molecule has 0 heterocycles. The Hall–Kier alpha value is -1.02. The van der Waals surface area contributed by atoms with Crippen LogP contribution in [0.5, 0.6) is 0 Å². The van der Waals surface area contributed by atoms with Crippen LogP contribution in [0.15, 0.2) is 36.9 Å². The normalized spacial score (nSPS) is 7.42. The van der Waals surface area contributed by atoms with E-state index in [1.165, 1.54) is 0 Å². The summed E-state index contributed by atoms with van der Waals surface area (Å²) in [6.07, 6.45) is 0. The van der Waals surface area contributed by atoms with Gasteiger partial charge in [0.2, 0.25) is 0 Å². The molecule has 0 spiro atoms. The average molecular weight is 203 g/mol. The Morgan fingerprint density at radius 1 is 1.25 bits per heavy atom. The summed E-state index contributed by atoms with van der Waals surface area (Å²) >= 11 is 5.54. The van der Waals surface area contributed by atoms with Gasteiger partial charge in [-0.1, -0.05) is 29.8 Å². The molecule has 1 rings (SSSR count). The topological polar surface area (TPSA) is 34.1 Å². The molecule has 0 radical (unpaired) electrons. The molecule has 0 bridgehead atoms. The standard InChI is InChI=1S/C6H5Cl.C2H2O2S/c7-6-4-2-1-3-5-6;1-2-5(3)4/h1-5H;1H2. The van der Waals surface area contributed by atoms with Gasteiger partial charge in [-0.05, 0) is 18.7 Å². The molecule has 0 saturated carbocycles. The lowest BCUT2D eigenvalue weighted by Crippen LogP contribution is -1.55. The van der Waals surface area contributed by atoms with Gasteiger partial charge in [-0.2, -0.15) is 8.42 Å². The molecule has 4 heteroatoms. The first-order valence-corrected chi connectivity index (χ1v) is 4.44. The lowest BCUT2D eigenvalue weighted by molar-refractivity contribution is 0.627. The highest BCUT2D eigenvalue weighted by Crippen LogP contribution is 2.03. The molecule has 0 N–H and O–H groups in total. The monoisotopic (exact) mass is 202 g/mol. The minimum absolute atomic E-state index is 0.794. The first kappa shape index (κ1) is 11.0. The van der Waals surface area contributed by atoms with E-state index in [-0.39, 0.29) is 0 Å². The van der Waals surface area contributed by atoms with E-state index in [1.807, 2.05) is 30.3 Å². The summed E-state index contributed by atoms with van der Waals surface area (Å²) in [4.78, 5) is 0. The van der Waals surface area contributed by atoms with Crippen molar-refractivity contribution in [1.82, 2.24) is 0 Å². The molecule has 0 aliphatic carbocycles. The third-order valence-corrected chi connectivity index (χ3v) is 1.34. The fraction of sp³-hybridized carbons (Fsp3) is 0. The number of halogens is 1. The molecule has 0 atom stereocenters. The molecule has 0 aromatic heterocycles. The molecule has 0 aliphatic heterocycles. The van der Waals surface area contributed by atoms with E-state index in [0.29, 0.717) is 0 Å². The number of hydrogen-bond acceptors (Lipinski definition) is 2. The Balaban J connectivity index is 0.000000217. The molecule has 1 aromatic rings. The summed E-state index contributed by atoms with van der Waals surface area (Å²) in [5.41, 5.74) is 0. The number of benzene rings is 1. The van der Waals surface area contributed by atoms with E-state index in [0.717, 1.165) is 5.02 Å². The van der Waals surface area contributed by atoms with Gasteiger partial charge in [-0.15, -0.1) is 0 Å². The van der Waals surface area contributed by atoms with Crippen molar-refractivity contribution in [2.75, 3.05) is 0 Å². The van der Waals surface area contributed by atoms with Crippen LogP contribution in [0.4, 0.5) is 0 Å². The van der Waals surface area contributed by atoms with E-state index >= 15 is 0 Å². The van der Waals surface area contributed by atoms with Crippen LogP contribution in [0, 0.1) is 0 Å². The highest BCUT2D eigenvalue weighted by Gasteiger charge is 1.74. The molecule has 0 fully saturated rings. The lowest BCUT2D eigenvalue weighted by atomic mass is 10.4. The summed E-state index contributed by atoms with van der Waals surface area (Å²) in [5, 5.41) is 2.49. The molecule has 0 unspecified atom stereocenters. The van der Waals surface area contributed by atoms with Crippen molar-refractivity contribution in [2.45, 2.75) is 0 Å². The summed E-state index contributed by atoms with van der Waals surface area (Å²) in [6.45, 7) is 2.82. The predicted molar refractivity (Wildman–Crippen MR) is 51.0 cm³/mol. The first-order valence-electron chi connectivity index (χ1n) is 2.99. The summed E-state index contributed by atoms with van der Waals surface area (Å²) in [7, 11) is -2.18. The van der Waals surface area contributed by atoms with Crippen LogP contribution in [0.3, 0.4) is 0 Å². The van der Waals surface area contributed by atoms with E-state index in [1.54, 1.807) is 5.02 Å². The number of hydrogen-bond donors (Lipinski definition) is 0. The van der Waals surface area contributed by atoms with Crippen molar-refractivity contribution in [3.63, 3.8) is 0 Å². The van der Waals surface area contributed by atoms with Crippen LogP contribution < -0.4 is 0 Å². The molecule has 0 amide bonds. The molecule has 2 nitrogen and oxygen atoms in total. The third-order valence-electron chi connectivity index (χ3n) is 0.851. The minimum atomic E-state index is -2.18. The molecule has 0 aliphatic rings. The Morgan fingerprint density at radius 2 is 1.67 bits per heavy atom. The fourth-order valence-electron chi connectivity index (χ4n) is 0.415. The van der Waals surface area contributed by atoms with Gasteiger partial charge in [0.15, 0.2) is 0 Å². The van der Waals surface area contributed by atoms with E-state index < -0.39 is 10.3 Å². The largest absolute Gasteiger partial charge is 0.259 e. The minimum Gasteiger partial charge on any atom is -0.176 e. The second-order valence-corrected chi connectivity index (χ2v) is 2.87. The fourth-order valence-corrected chi connectivity index (χ4v) is 0.560. The van der Waals surface area contributed by atoms with Gasteiger partial charge in [0.25, 0.3) is 10.3 Å². The van der Waals surface area contributed by atoms with E-state index in [9.17, 15) is 8.42 Å². The van der Waals surface area contributed by atoms with Crippen LogP contribution in [-0.4, -0.2) is 13.4 Å². The van der Waals surface area contributed by atoms with Crippen molar-refractivity contribution in [3.8, 4) is 0 Å². The predicted octanol–water partition coefficient (Wildman–Crippen LogP) is 1.79. The van der Waals surface area contributed by atoms with Crippen molar-refractivity contribution >= 4 is 26.9 Å². The number of rotatable bonds is 0. The average Bonchev–Trinajstić information content (AvgIpc) is 2.07. The van der Waals surface area contributed by atoms with Crippen molar-refractivity contribution in [1.29, 1.82) is 0 Å².